The number of carboxylic acid groups (broad SMARTS) is 1. The minimum atomic E-state index is -2.86. The van der Waals surface area contributed by atoms with Crippen LogP contribution >= 0.6 is 0 Å². The smallest absolute Gasteiger partial charge is 0.750 e. The summed E-state index contributed by atoms with van der Waals surface area (Å²) in [5, 5.41) is 6.89. The van der Waals surface area contributed by atoms with Crippen LogP contribution in [0.5, 0.6) is 0 Å². The van der Waals surface area contributed by atoms with Crippen molar-refractivity contribution in [2.45, 2.75) is 0 Å². The molecule has 0 aromatic rings. The second kappa shape index (κ2) is 15.6. The first-order valence-corrected chi connectivity index (χ1v) is 2.04. The minimum Gasteiger partial charge on any atom is -0.750 e. The van der Waals surface area contributed by atoms with E-state index in [1.54, 1.807) is 0 Å². The van der Waals surface area contributed by atoms with E-state index in [0.29, 0.717) is 0 Å². The first-order valence-electron chi connectivity index (χ1n) is 1.01. The Morgan fingerprint density at radius 1 is 1.62 bits per heavy atom. The summed E-state index contributed by atoms with van der Waals surface area (Å²) in [6.45, 7) is -0.250. The van der Waals surface area contributed by atoms with E-state index in [-0.39, 0.29) is 36.0 Å². The Morgan fingerprint density at radius 3 is 1.62 bits per heavy atom. The topological polar surface area (TPSA) is 97.7 Å². The van der Waals surface area contributed by atoms with Gasteiger partial charge in [-0.25, -0.2) is 4.21 Å². The van der Waals surface area contributed by atoms with Crippen molar-refractivity contribution in [2.75, 3.05) is 0 Å². The van der Waals surface area contributed by atoms with Crippen LogP contribution in [0.4, 0.5) is 0 Å². The van der Waals surface area contributed by atoms with E-state index in [1.807, 2.05) is 0 Å². The van der Waals surface area contributed by atoms with Gasteiger partial charge in [-0.3, -0.25) is 4.79 Å². The Balaban J connectivity index is -0.0000000575. The normalized spacial score (nSPS) is 9.25. The van der Waals surface area contributed by atoms with Gasteiger partial charge >= 0.3 is 29.6 Å². The molecule has 0 aromatic heterocycles. The van der Waals surface area contributed by atoms with Crippen LogP contribution in [0.25, 0.3) is 0 Å². The fourth-order valence-corrected chi connectivity index (χ4v) is 0. The second-order valence-corrected chi connectivity index (χ2v) is 0.757. The van der Waals surface area contributed by atoms with Crippen molar-refractivity contribution in [3.05, 3.63) is 0 Å². The van der Waals surface area contributed by atoms with Crippen molar-refractivity contribution in [3.8, 4) is 0 Å². The van der Waals surface area contributed by atoms with E-state index >= 15 is 0 Å². The Kier molecular flexibility index (Phi) is 30.9. The third-order valence-electron chi connectivity index (χ3n) is 0. The molecule has 1 atom stereocenters. The molecule has 0 radical (unpaired) electrons. The standard InChI is InChI=1S/CH2O2.Na.H2O3S/c2-1-3;;1-4(2)3/h1H,(H,2,3);;(H2,1,2,3)/q;+1;/p-1. The fraction of sp³-hybridized carbons (Fsp3) is 0. The summed E-state index contributed by atoms with van der Waals surface area (Å²) < 4.78 is 24.1. The van der Waals surface area contributed by atoms with Crippen molar-refractivity contribution in [3.63, 3.8) is 0 Å². The zero-order chi connectivity index (χ0) is 6.28. The SMILES string of the molecule is O=CO.O=S([O-])O.[Na+]. The fourth-order valence-electron chi connectivity index (χ4n) is 0. The van der Waals surface area contributed by atoms with Gasteiger partial charge in [0, 0.05) is 0 Å². The molecule has 0 aromatic carbocycles. The predicted octanol–water partition coefficient (Wildman–Crippen LogP) is -3.96. The monoisotopic (exact) mass is 150 g/mol. The summed E-state index contributed by atoms with van der Waals surface area (Å²) in [5.41, 5.74) is 0. The molecule has 0 saturated heterocycles. The van der Waals surface area contributed by atoms with E-state index in [9.17, 15) is 0 Å². The van der Waals surface area contributed by atoms with Crippen molar-refractivity contribution in [1.82, 2.24) is 0 Å². The van der Waals surface area contributed by atoms with Gasteiger partial charge in [-0.05, 0) is 0 Å². The largest absolute Gasteiger partial charge is 1.00 e. The average Bonchev–Trinajstić information content (AvgIpc) is 1.33. The molecule has 0 bridgehead atoms. The molecular formula is CH3NaO5S. The van der Waals surface area contributed by atoms with Gasteiger partial charge in [-0.1, -0.05) is 0 Å². The van der Waals surface area contributed by atoms with Crippen molar-refractivity contribution in [2.24, 2.45) is 0 Å². The summed E-state index contributed by atoms with van der Waals surface area (Å²) in [4.78, 5) is 8.36. The second-order valence-electron chi connectivity index (χ2n) is 0.323. The van der Waals surface area contributed by atoms with E-state index in [4.69, 9.17) is 23.2 Å². The summed E-state index contributed by atoms with van der Waals surface area (Å²) in [5.74, 6) is 0. The Morgan fingerprint density at radius 2 is 1.62 bits per heavy atom. The van der Waals surface area contributed by atoms with Crippen molar-refractivity contribution < 1.29 is 52.8 Å². The maximum atomic E-state index is 8.56. The Hall–Kier alpha value is 0.540. The molecule has 0 amide bonds. The number of hydrogen-bond acceptors (Lipinski definition) is 3. The van der Waals surface area contributed by atoms with E-state index < -0.39 is 11.4 Å². The van der Waals surface area contributed by atoms with E-state index in [0.717, 1.165) is 0 Å². The summed E-state index contributed by atoms with van der Waals surface area (Å²) in [7, 11) is 0. The van der Waals surface area contributed by atoms with Gasteiger partial charge in [0.05, 0.1) is 11.4 Å². The molecule has 0 aliphatic heterocycles. The molecule has 8 heavy (non-hydrogen) atoms. The minimum absolute atomic E-state index is 0. The van der Waals surface area contributed by atoms with Crippen LogP contribution in [-0.2, 0) is 16.2 Å². The van der Waals surface area contributed by atoms with Gasteiger partial charge in [-0.15, -0.1) is 0 Å². The molecule has 44 valence electrons. The molecule has 7 heteroatoms. The van der Waals surface area contributed by atoms with Gasteiger partial charge in [-0.2, -0.15) is 0 Å². The maximum Gasteiger partial charge on any atom is 1.00 e. The average molecular weight is 150 g/mol. The van der Waals surface area contributed by atoms with Crippen LogP contribution in [0, 0.1) is 0 Å². The number of hydrogen-bond donors (Lipinski definition) is 2. The van der Waals surface area contributed by atoms with Gasteiger partial charge < -0.3 is 14.2 Å². The first-order chi connectivity index (χ1) is 3.15. The third kappa shape index (κ3) is 688. The third-order valence-corrected chi connectivity index (χ3v) is 0. The Labute approximate surface area is 70.5 Å². The number of carbonyl (C=O) groups is 1. The maximum absolute atomic E-state index is 8.56. The van der Waals surface area contributed by atoms with Crippen LogP contribution in [0.15, 0.2) is 0 Å². The zero-order valence-corrected chi connectivity index (χ0v) is 6.92. The van der Waals surface area contributed by atoms with Crippen molar-refractivity contribution >= 4 is 17.8 Å². The molecular weight excluding hydrogens is 147 g/mol. The molecule has 0 aliphatic rings. The molecule has 0 rings (SSSR count). The zero-order valence-electron chi connectivity index (χ0n) is 4.10. The van der Waals surface area contributed by atoms with Gasteiger partial charge in [0.2, 0.25) is 0 Å². The van der Waals surface area contributed by atoms with Crippen LogP contribution in [0.3, 0.4) is 0 Å². The summed E-state index contributed by atoms with van der Waals surface area (Å²) >= 11 is -2.86. The quantitative estimate of drug-likeness (QED) is 0.208. The first kappa shape index (κ1) is 15.8. The van der Waals surface area contributed by atoms with E-state index in [2.05, 4.69) is 0 Å². The van der Waals surface area contributed by atoms with Crippen LogP contribution in [-0.4, -0.2) is 24.9 Å². The molecule has 5 nitrogen and oxygen atoms in total. The molecule has 0 fully saturated rings. The molecule has 1 unspecified atom stereocenters. The molecule has 0 aliphatic carbocycles. The van der Waals surface area contributed by atoms with Gasteiger partial charge in [0.15, 0.2) is 0 Å². The molecule has 2 N–H and O–H groups in total. The summed E-state index contributed by atoms with van der Waals surface area (Å²) in [6, 6.07) is 0. The van der Waals surface area contributed by atoms with Gasteiger partial charge in [0.25, 0.3) is 6.47 Å². The van der Waals surface area contributed by atoms with Gasteiger partial charge in [0.1, 0.15) is 0 Å². The number of rotatable bonds is 0. The summed E-state index contributed by atoms with van der Waals surface area (Å²) in [6.07, 6.45) is 0. The van der Waals surface area contributed by atoms with Crippen LogP contribution < -0.4 is 29.6 Å². The Bertz CT molecular complexity index is 59.4. The molecule has 0 spiro atoms. The van der Waals surface area contributed by atoms with E-state index in [1.165, 1.54) is 0 Å². The molecule has 0 heterocycles. The predicted molar refractivity (Wildman–Crippen MR) is 20.2 cm³/mol. The van der Waals surface area contributed by atoms with Crippen LogP contribution in [0.1, 0.15) is 0 Å². The van der Waals surface area contributed by atoms with Crippen LogP contribution in [0.2, 0.25) is 0 Å². The van der Waals surface area contributed by atoms with Crippen molar-refractivity contribution in [1.29, 1.82) is 0 Å². The molecule has 0 saturated carbocycles.